The van der Waals surface area contributed by atoms with Crippen molar-refractivity contribution < 1.29 is 9.84 Å². The van der Waals surface area contributed by atoms with E-state index in [0.717, 1.165) is 29.1 Å². The summed E-state index contributed by atoms with van der Waals surface area (Å²) in [6.07, 6.45) is 2.51. The lowest BCUT2D eigenvalue weighted by Gasteiger charge is -2.11. The molecule has 0 bridgehead atoms. The Morgan fingerprint density at radius 1 is 1.35 bits per heavy atom. The topological polar surface area (TPSA) is 47.3 Å². The molecule has 90 valence electrons. The molecular formula is C13H16N2O2. The van der Waals surface area contributed by atoms with Crippen LogP contribution in [0.25, 0.3) is 5.69 Å². The molecule has 0 unspecified atom stereocenters. The van der Waals surface area contributed by atoms with Crippen molar-refractivity contribution in [3.63, 3.8) is 0 Å². The average molecular weight is 232 g/mol. The maximum Gasteiger partial charge on any atom is 0.144 e. The molecule has 4 heteroatoms. The quantitative estimate of drug-likeness (QED) is 0.876. The number of aliphatic hydroxyl groups excluding tert-OH is 1. The number of aliphatic hydroxyl groups is 1. The molecule has 0 aliphatic rings. The Bertz CT molecular complexity index is 506. The smallest absolute Gasteiger partial charge is 0.144 e. The van der Waals surface area contributed by atoms with Gasteiger partial charge in [-0.05, 0) is 18.6 Å². The molecule has 4 nitrogen and oxygen atoms in total. The van der Waals surface area contributed by atoms with Crippen LogP contribution in [0.1, 0.15) is 18.2 Å². The maximum absolute atomic E-state index is 9.25. The predicted molar refractivity (Wildman–Crippen MR) is 65.4 cm³/mol. The molecule has 1 N–H and O–H groups in total. The standard InChI is InChI=1S/C13H16N2O2/c1-3-11-10(9-16)8-14-15(11)12-6-4-5-7-13(12)17-2/h4-8,16H,3,9H2,1-2H3. The van der Waals surface area contributed by atoms with Crippen LogP contribution in [-0.2, 0) is 13.0 Å². The third kappa shape index (κ3) is 2.03. The monoisotopic (exact) mass is 232 g/mol. The zero-order valence-corrected chi connectivity index (χ0v) is 10.1. The molecule has 2 rings (SSSR count). The third-order valence-corrected chi connectivity index (χ3v) is 2.77. The molecule has 0 saturated carbocycles. The predicted octanol–water partition coefficient (Wildman–Crippen LogP) is 1.94. The number of rotatable bonds is 4. The second kappa shape index (κ2) is 5.01. The van der Waals surface area contributed by atoms with E-state index in [-0.39, 0.29) is 6.61 Å². The summed E-state index contributed by atoms with van der Waals surface area (Å²) in [5, 5.41) is 13.6. The zero-order chi connectivity index (χ0) is 12.3. The lowest BCUT2D eigenvalue weighted by Crippen LogP contribution is -2.04. The van der Waals surface area contributed by atoms with Gasteiger partial charge in [-0.3, -0.25) is 0 Å². The van der Waals surface area contributed by atoms with Crippen LogP contribution in [0.5, 0.6) is 5.75 Å². The van der Waals surface area contributed by atoms with Gasteiger partial charge in [0.1, 0.15) is 11.4 Å². The van der Waals surface area contributed by atoms with Crippen molar-refractivity contribution in [2.75, 3.05) is 7.11 Å². The van der Waals surface area contributed by atoms with Gasteiger partial charge in [-0.25, -0.2) is 4.68 Å². The Balaban J connectivity index is 2.56. The van der Waals surface area contributed by atoms with Crippen LogP contribution in [0.2, 0.25) is 0 Å². The Hall–Kier alpha value is -1.81. The van der Waals surface area contributed by atoms with E-state index >= 15 is 0 Å². The molecule has 1 heterocycles. The van der Waals surface area contributed by atoms with Gasteiger partial charge in [-0.2, -0.15) is 5.10 Å². The summed E-state index contributed by atoms with van der Waals surface area (Å²) in [4.78, 5) is 0. The number of hydrogen-bond acceptors (Lipinski definition) is 3. The van der Waals surface area contributed by atoms with Crippen molar-refractivity contribution in [1.82, 2.24) is 9.78 Å². The summed E-state index contributed by atoms with van der Waals surface area (Å²) in [7, 11) is 1.64. The van der Waals surface area contributed by atoms with Gasteiger partial charge in [-0.1, -0.05) is 19.1 Å². The van der Waals surface area contributed by atoms with E-state index in [1.807, 2.05) is 35.9 Å². The summed E-state index contributed by atoms with van der Waals surface area (Å²) in [6, 6.07) is 7.71. The molecule has 1 aromatic carbocycles. The van der Waals surface area contributed by atoms with Crippen molar-refractivity contribution >= 4 is 0 Å². The van der Waals surface area contributed by atoms with Crippen LogP contribution in [0.3, 0.4) is 0 Å². The summed E-state index contributed by atoms with van der Waals surface area (Å²) in [6.45, 7) is 2.06. The highest BCUT2D eigenvalue weighted by Crippen LogP contribution is 2.24. The van der Waals surface area contributed by atoms with Gasteiger partial charge in [0.05, 0.1) is 19.9 Å². The molecule has 0 spiro atoms. The average Bonchev–Trinajstić information content (AvgIpc) is 2.81. The van der Waals surface area contributed by atoms with E-state index in [0.29, 0.717) is 0 Å². The fourth-order valence-electron chi connectivity index (χ4n) is 1.93. The molecule has 0 amide bonds. The summed E-state index contributed by atoms with van der Waals surface area (Å²) < 4.78 is 7.14. The fraction of sp³-hybridized carbons (Fsp3) is 0.308. The molecule has 2 aromatic rings. The molecule has 1 aromatic heterocycles. The number of para-hydroxylation sites is 2. The number of hydrogen-bond donors (Lipinski definition) is 1. The molecule has 0 fully saturated rings. The molecule has 0 saturated heterocycles. The Morgan fingerprint density at radius 3 is 2.76 bits per heavy atom. The third-order valence-electron chi connectivity index (χ3n) is 2.77. The molecule has 0 atom stereocenters. The minimum atomic E-state index is 0.0122. The highest BCUT2D eigenvalue weighted by molar-refractivity contribution is 5.47. The van der Waals surface area contributed by atoms with E-state index in [1.54, 1.807) is 13.3 Å². The highest BCUT2D eigenvalue weighted by atomic mass is 16.5. The second-order valence-corrected chi connectivity index (χ2v) is 3.71. The first kappa shape index (κ1) is 11.7. The Labute approximate surface area is 100 Å². The van der Waals surface area contributed by atoms with Crippen LogP contribution in [0.15, 0.2) is 30.5 Å². The van der Waals surface area contributed by atoms with E-state index < -0.39 is 0 Å². The second-order valence-electron chi connectivity index (χ2n) is 3.71. The lowest BCUT2D eigenvalue weighted by atomic mass is 10.2. The van der Waals surface area contributed by atoms with E-state index in [1.165, 1.54) is 0 Å². The first-order valence-electron chi connectivity index (χ1n) is 5.61. The van der Waals surface area contributed by atoms with Gasteiger partial charge in [0.25, 0.3) is 0 Å². The largest absolute Gasteiger partial charge is 0.494 e. The molecule has 0 aliphatic carbocycles. The van der Waals surface area contributed by atoms with Gasteiger partial charge in [0.15, 0.2) is 0 Å². The first-order valence-corrected chi connectivity index (χ1v) is 5.61. The van der Waals surface area contributed by atoms with Crippen molar-refractivity contribution in [2.24, 2.45) is 0 Å². The van der Waals surface area contributed by atoms with Crippen LogP contribution in [-0.4, -0.2) is 22.0 Å². The van der Waals surface area contributed by atoms with Crippen LogP contribution in [0.4, 0.5) is 0 Å². The molecule has 17 heavy (non-hydrogen) atoms. The van der Waals surface area contributed by atoms with Gasteiger partial charge < -0.3 is 9.84 Å². The highest BCUT2D eigenvalue weighted by Gasteiger charge is 2.12. The van der Waals surface area contributed by atoms with Gasteiger partial charge in [0.2, 0.25) is 0 Å². The maximum atomic E-state index is 9.25. The van der Waals surface area contributed by atoms with Crippen molar-refractivity contribution in [1.29, 1.82) is 0 Å². The van der Waals surface area contributed by atoms with Crippen molar-refractivity contribution in [3.05, 3.63) is 41.7 Å². The molecule has 0 radical (unpaired) electrons. The fourth-order valence-corrected chi connectivity index (χ4v) is 1.93. The van der Waals surface area contributed by atoms with Crippen molar-refractivity contribution in [2.45, 2.75) is 20.0 Å². The minimum absolute atomic E-state index is 0.0122. The van der Waals surface area contributed by atoms with E-state index in [2.05, 4.69) is 5.10 Å². The first-order chi connectivity index (χ1) is 8.31. The van der Waals surface area contributed by atoms with Crippen molar-refractivity contribution in [3.8, 4) is 11.4 Å². The summed E-state index contributed by atoms with van der Waals surface area (Å²) in [5.74, 6) is 0.773. The minimum Gasteiger partial charge on any atom is -0.494 e. The Kier molecular flexibility index (Phi) is 3.44. The van der Waals surface area contributed by atoms with Crippen LogP contribution < -0.4 is 4.74 Å². The van der Waals surface area contributed by atoms with Gasteiger partial charge in [0, 0.05) is 11.3 Å². The molecule has 0 aliphatic heterocycles. The van der Waals surface area contributed by atoms with E-state index in [9.17, 15) is 5.11 Å². The lowest BCUT2D eigenvalue weighted by molar-refractivity contribution is 0.280. The summed E-state index contributed by atoms with van der Waals surface area (Å²) in [5.41, 5.74) is 2.77. The zero-order valence-electron chi connectivity index (χ0n) is 10.1. The van der Waals surface area contributed by atoms with E-state index in [4.69, 9.17) is 4.74 Å². The van der Waals surface area contributed by atoms with Crippen LogP contribution >= 0.6 is 0 Å². The Morgan fingerprint density at radius 2 is 2.12 bits per heavy atom. The van der Waals surface area contributed by atoms with Crippen LogP contribution in [0, 0.1) is 0 Å². The summed E-state index contributed by atoms with van der Waals surface area (Å²) >= 11 is 0. The number of ether oxygens (including phenoxy) is 1. The number of nitrogens with zero attached hydrogens (tertiary/aromatic N) is 2. The normalized spacial score (nSPS) is 10.5. The van der Waals surface area contributed by atoms with Gasteiger partial charge in [-0.15, -0.1) is 0 Å². The number of methoxy groups -OCH3 is 1. The van der Waals surface area contributed by atoms with Gasteiger partial charge >= 0.3 is 0 Å². The SMILES string of the molecule is CCc1c(CO)cnn1-c1ccccc1OC. The number of benzene rings is 1. The number of aromatic nitrogens is 2. The molecular weight excluding hydrogens is 216 g/mol.